The number of carbonyl (C=O) groups excluding carboxylic acids is 2. The van der Waals surface area contributed by atoms with Crippen LogP contribution in [0.15, 0.2) is 134 Å². The van der Waals surface area contributed by atoms with Crippen LogP contribution in [0.5, 0.6) is 0 Å². The minimum absolute atomic E-state index is 0.0336. The second-order valence-electron chi connectivity index (χ2n) is 28.4. The smallest absolute Gasteiger partial charge is 0.306 e. The van der Waals surface area contributed by atoms with Crippen molar-refractivity contribution in [2.75, 3.05) is 47.5 Å². The summed E-state index contributed by atoms with van der Waals surface area (Å²) in [6, 6.07) is 0. The molecule has 0 spiro atoms. The molecule has 0 radical (unpaired) electrons. The molecule has 0 aliphatic rings. The van der Waals surface area contributed by atoms with Crippen molar-refractivity contribution in [3.8, 4) is 0 Å². The second kappa shape index (κ2) is 77.3. The van der Waals surface area contributed by atoms with Gasteiger partial charge in [-0.25, -0.2) is 0 Å². The van der Waals surface area contributed by atoms with Crippen molar-refractivity contribution in [2.24, 2.45) is 0 Å². The quantitative estimate of drug-likeness (QED) is 0.0195. The van der Waals surface area contributed by atoms with Crippen molar-refractivity contribution in [3.63, 3.8) is 0 Å². The molecule has 9 nitrogen and oxygen atoms in total. The molecule has 0 N–H and O–H groups in total. The zero-order valence-corrected chi connectivity index (χ0v) is 65.3. The fourth-order valence-corrected chi connectivity index (χ4v) is 12.2. The molecule has 564 valence electrons. The van der Waals surface area contributed by atoms with Crippen LogP contribution in [0.25, 0.3) is 0 Å². The van der Waals surface area contributed by atoms with Gasteiger partial charge in [0.15, 0.2) is 6.10 Å². The number of allylic oxidation sites excluding steroid dienone is 22. The van der Waals surface area contributed by atoms with E-state index >= 15 is 0 Å². The van der Waals surface area contributed by atoms with Crippen molar-refractivity contribution in [2.45, 2.75) is 367 Å². The third-order valence-corrected chi connectivity index (χ3v) is 18.6. The largest absolute Gasteiger partial charge is 0.756 e. The third kappa shape index (κ3) is 81.1. The summed E-state index contributed by atoms with van der Waals surface area (Å²) in [5.41, 5.74) is 0. The van der Waals surface area contributed by atoms with Crippen molar-refractivity contribution in [1.29, 1.82) is 0 Å². The van der Waals surface area contributed by atoms with Crippen LogP contribution in [0.1, 0.15) is 361 Å². The monoisotopic (exact) mass is 1380 g/mol. The molecule has 98 heavy (non-hydrogen) atoms. The van der Waals surface area contributed by atoms with E-state index in [1.807, 2.05) is 21.1 Å². The first kappa shape index (κ1) is 94.2. The SMILES string of the molecule is CC/C=C\C/C=C\C/C=C\C/C=C\C/C=C\C/C=C\C/C=C\CCCCCCCCCCCCCCCC(=O)OC(COC(=O)CCCCCCCCCCCCCCCCCCCCCCCCCCCC/C=C\C/C=C\C/C=C\C/C=C\CC)COP(=O)([O-])OCC[N+](C)(C)C. The first-order valence-corrected chi connectivity index (χ1v) is 42.4. The van der Waals surface area contributed by atoms with Crippen LogP contribution >= 0.6 is 7.82 Å². The minimum atomic E-state index is -4.65. The molecule has 0 aromatic heterocycles. The molecular formula is C88H154NO8P. The zero-order valence-electron chi connectivity index (χ0n) is 64.5. The summed E-state index contributed by atoms with van der Waals surface area (Å²) >= 11 is 0. The predicted molar refractivity (Wildman–Crippen MR) is 424 cm³/mol. The summed E-state index contributed by atoms with van der Waals surface area (Å²) in [6.45, 7) is 4.05. The first-order chi connectivity index (χ1) is 48.0. The van der Waals surface area contributed by atoms with Gasteiger partial charge in [-0.2, -0.15) is 0 Å². The standard InChI is InChI=1S/C88H154NO8P/c1-6-8-10-12-14-16-18-20-22-24-26-28-30-32-34-36-38-40-42-43-44-45-47-48-50-52-54-56-58-60-62-64-66-68-70-72-74-76-78-80-87(90)94-84-86(85-96-98(92,93)95-83-82-89(3,4)5)97-88(91)81-79-77-75-73-71-69-67-65-63-61-59-57-55-53-51-49-46-41-39-37-35-33-31-29-27-25-23-21-19-17-15-13-11-9-7-2/h8-11,14-17,20-23,26-29,33,35,39,41,49,51,86H,6-7,12-13,18-19,24-25,30-32,34,36-38,40,42-48,50,52-85H2,1-5H3/b10-8-,11-9-,16-14-,17-15-,22-20-,23-21-,28-26-,29-27-,35-33-,41-39-,51-49-. The number of quaternary nitrogens is 1. The summed E-state index contributed by atoms with van der Waals surface area (Å²) in [7, 11) is 1.17. The fraction of sp³-hybridized carbons (Fsp3) is 0.727. The Kier molecular flexibility index (Phi) is 74.3. The van der Waals surface area contributed by atoms with E-state index in [-0.39, 0.29) is 32.0 Å². The number of unbranched alkanes of at least 4 members (excludes halogenated alkanes) is 39. The van der Waals surface area contributed by atoms with Gasteiger partial charge in [0.2, 0.25) is 0 Å². The van der Waals surface area contributed by atoms with Gasteiger partial charge in [0.25, 0.3) is 7.82 Å². The molecule has 0 amide bonds. The van der Waals surface area contributed by atoms with Gasteiger partial charge in [0, 0.05) is 12.8 Å². The van der Waals surface area contributed by atoms with Crippen LogP contribution in [0.3, 0.4) is 0 Å². The highest BCUT2D eigenvalue weighted by atomic mass is 31.2. The topological polar surface area (TPSA) is 111 Å². The number of phosphoric acid groups is 1. The molecule has 0 rings (SSSR count). The number of ether oxygens (including phenoxy) is 2. The highest BCUT2D eigenvalue weighted by Gasteiger charge is 2.22. The van der Waals surface area contributed by atoms with Crippen LogP contribution in [-0.2, 0) is 32.7 Å². The Bertz CT molecular complexity index is 2120. The molecule has 0 saturated carbocycles. The first-order valence-electron chi connectivity index (χ1n) is 40.9. The normalized spacial score (nSPS) is 13.7. The van der Waals surface area contributed by atoms with Gasteiger partial charge in [0.05, 0.1) is 27.7 Å². The van der Waals surface area contributed by atoms with E-state index in [9.17, 15) is 19.0 Å². The highest BCUT2D eigenvalue weighted by molar-refractivity contribution is 7.45. The van der Waals surface area contributed by atoms with Crippen LogP contribution in [0.4, 0.5) is 0 Å². The summed E-state index contributed by atoms with van der Waals surface area (Å²) in [5.74, 6) is -0.824. The van der Waals surface area contributed by atoms with Crippen molar-refractivity contribution in [1.82, 2.24) is 0 Å². The number of carbonyl (C=O) groups is 2. The van der Waals surface area contributed by atoms with Crippen molar-refractivity contribution in [3.05, 3.63) is 134 Å². The number of esters is 2. The van der Waals surface area contributed by atoms with Gasteiger partial charge in [0.1, 0.15) is 19.8 Å². The van der Waals surface area contributed by atoms with Crippen LogP contribution < -0.4 is 4.89 Å². The van der Waals surface area contributed by atoms with E-state index < -0.39 is 26.5 Å². The van der Waals surface area contributed by atoms with Gasteiger partial charge in [-0.15, -0.1) is 0 Å². The van der Waals surface area contributed by atoms with Crippen molar-refractivity contribution < 1.29 is 42.1 Å². The van der Waals surface area contributed by atoms with Gasteiger partial charge in [-0.3, -0.25) is 14.2 Å². The molecule has 0 aromatic rings. The Morgan fingerprint density at radius 2 is 0.551 bits per heavy atom. The number of rotatable bonds is 75. The molecule has 0 fully saturated rings. The molecule has 0 saturated heterocycles. The van der Waals surface area contributed by atoms with Gasteiger partial charge >= 0.3 is 11.9 Å². The Labute approximate surface area is 606 Å². The maximum atomic E-state index is 12.9. The average molecular weight is 1390 g/mol. The Morgan fingerprint density at radius 3 is 0.816 bits per heavy atom. The molecule has 0 aromatic carbocycles. The fourth-order valence-electron chi connectivity index (χ4n) is 11.5. The number of hydrogen-bond donors (Lipinski definition) is 0. The van der Waals surface area contributed by atoms with Crippen LogP contribution in [0, 0.1) is 0 Å². The van der Waals surface area contributed by atoms with Crippen LogP contribution in [0.2, 0.25) is 0 Å². The molecule has 10 heteroatoms. The predicted octanol–water partition coefficient (Wildman–Crippen LogP) is 26.9. The second-order valence-corrected chi connectivity index (χ2v) is 29.8. The van der Waals surface area contributed by atoms with Gasteiger partial charge in [-0.1, -0.05) is 372 Å². The average Bonchev–Trinajstić information content (AvgIpc) is 1.08. The van der Waals surface area contributed by atoms with E-state index in [1.54, 1.807) is 0 Å². The molecule has 0 aliphatic heterocycles. The lowest BCUT2D eigenvalue weighted by atomic mass is 10.0. The summed E-state index contributed by atoms with van der Waals surface area (Å²) in [5, 5.41) is 0. The number of phosphoric ester groups is 1. The lowest BCUT2D eigenvalue weighted by Gasteiger charge is -2.28. The molecule has 0 bridgehead atoms. The maximum absolute atomic E-state index is 12.9. The zero-order chi connectivity index (χ0) is 71.1. The van der Waals surface area contributed by atoms with E-state index in [0.717, 1.165) is 109 Å². The number of likely N-dealkylation sites (N-methyl/N-ethyl adjacent to an activating group) is 1. The molecular weight excluding hydrogens is 1230 g/mol. The molecule has 0 aliphatic carbocycles. The summed E-state index contributed by atoms with van der Waals surface area (Å²) in [6.07, 6.45) is 113. The lowest BCUT2D eigenvalue weighted by molar-refractivity contribution is -0.870. The Morgan fingerprint density at radius 1 is 0.316 bits per heavy atom. The number of hydrogen-bond acceptors (Lipinski definition) is 8. The maximum Gasteiger partial charge on any atom is 0.306 e. The minimum Gasteiger partial charge on any atom is -0.756 e. The van der Waals surface area contributed by atoms with E-state index in [0.29, 0.717) is 17.4 Å². The molecule has 2 atom stereocenters. The van der Waals surface area contributed by atoms with Crippen LogP contribution in [-0.4, -0.2) is 70.0 Å². The van der Waals surface area contributed by atoms with E-state index in [1.165, 1.54) is 218 Å². The van der Waals surface area contributed by atoms with E-state index in [2.05, 4.69) is 148 Å². The molecule has 0 heterocycles. The number of nitrogens with zero attached hydrogens (tertiary/aromatic N) is 1. The van der Waals surface area contributed by atoms with Crippen molar-refractivity contribution >= 4 is 19.8 Å². The Hall–Kier alpha value is -3.85. The van der Waals surface area contributed by atoms with Gasteiger partial charge in [-0.05, 0) is 109 Å². The van der Waals surface area contributed by atoms with E-state index in [4.69, 9.17) is 18.5 Å². The summed E-state index contributed by atoms with van der Waals surface area (Å²) < 4.78 is 34.4. The lowest BCUT2D eigenvalue weighted by Crippen LogP contribution is -2.37. The summed E-state index contributed by atoms with van der Waals surface area (Å²) in [4.78, 5) is 38.2. The highest BCUT2D eigenvalue weighted by Crippen LogP contribution is 2.38. The Balaban J connectivity index is 3.94. The molecule has 2 unspecified atom stereocenters. The van der Waals surface area contributed by atoms with Gasteiger partial charge < -0.3 is 27.9 Å². The third-order valence-electron chi connectivity index (χ3n) is 17.7.